The Morgan fingerprint density at radius 1 is 1.11 bits per heavy atom. The van der Waals surface area contributed by atoms with E-state index in [2.05, 4.69) is 15.9 Å². The highest BCUT2D eigenvalue weighted by molar-refractivity contribution is 9.10. The quantitative estimate of drug-likeness (QED) is 0.523. The molecule has 0 spiro atoms. The summed E-state index contributed by atoms with van der Waals surface area (Å²) < 4.78 is 27.8. The number of halogens is 5. The molecule has 0 aliphatic rings. The molecular formula is C13H5BrCl2F2O. The lowest BCUT2D eigenvalue weighted by atomic mass is 10.0. The molecule has 1 nitrogen and oxygen atoms in total. The first-order chi connectivity index (χ1) is 8.93. The zero-order valence-corrected chi connectivity index (χ0v) is 12.3. The van der Waals surface area contributed by atoms with E-state index in [1.54, 1.807) is 0 Å². The van der Waals surface area contributed by atoms with E-state index in [1.807, 2.05) is 0 Å². The first-order valence-corrected chi connectivity index (χ1v) is 6.60. The fraction of sp³-hybridized carbons (Fsp3) is 0. The maximum Gasteiger partial charge on any atom is 0.200 e. The van der Waals surface area contributed by atoms with Gasteiger partial charge in [-0.15, -0.1) is 0 Å². The van der Waals surface area contributed by atoms with Gasteiger partial charge < -0.3 is 0 Å². The summed E-state index contributed by atoms with van der Waals surface area (Å²) >= 11 is 14.5. The van der Waals surface area contributed by atoms with Gasteiger partial charge in [0.1, 0.15) is 5.82 Å². The molecule has 0 radical (unpaired) electrons. The monoisotopic (exact) mass is 364 g/mol. The summed E-state index contributed by atoms with van der Waals surface area (Å²) in [5.41, 5.74) is -0.707. The number of hydrogen-bond acceptors (Lipinski definition) is 1. The van der Waals surface area contributed by atoms with E-state index in [0.717, 1.165) is 6.07 Å². The van der Waals surface area contributed by atoms with Crippen LogP contribution in [-0.4, -0.2) is 5.78 Å². The molecule has 0 atom stereocenters. The van der Waals surface area contributed by atoms with Gasteiger partial charge in [-0.3, -0.25) is 4.79 Å². The zero-order chi connectivity index (χ0) is 14.2. The lowest BCUT2D eigenvalue weighted by Gasteiger charge is -2.07. The highest BCUT2D eigenvalue weighted by Gasteiger charge is 2.22. The van der Waals surface area contributed by atoms with Gasteiger partial charge in [0, 0.05) is 4.47 Å². The fourth-order valence-corrected chi connectivity index (χ4v) is 2.27. The van der Waals surface area contributed by atoms with Crippen molar-refractivity contribution in [2.24, 2.45) is 0 Å². The Labute approximate surface area is 126 Å². The van der Waals surface area contributed by atoms with Crippen molar-refractivity contribution in [2.75, 3.05) is 0 Å². The van der Waals surface area contributed by atoms with Crippen molar-refractivity contribution in [3.05, 3.63) is 67.6 Å². The SMILES string of the molecule is O=C(c1ccc(Br)c(Cl)c1F)c1c(F)cccc1Cl. The molecule has 0 aliphatic heterocycles. The van der Waals surface area contributed by atoms with Gasteiger partial charge >= 0.3 is 0 Å². The maximum atomic E-state index is 13.9. The van der Waals surface area contributed by atoms with Crippen LogP contribution < -0.4 is 0 Å². The number of benzene rings is 2. The zero-order valence-electron chi connectivity index (χ0n) is 9.18. The Morgan fingerprint density at radius 3 is 2.42 bits per heavy atom. The van der Waals surface area contributed by atoms with E-state index in [-0.39, 0.29) is 21.2 Å². The van der Waals surface area contributed by atoms with Crippen molar-refractivity contribution in [1.29, 1.82) is 0 Å². The highest BCUT2D eigenvalue weighted by Crippen LogP contribution is 2.30. The van der Waals surface area contributed by atoms with Gasteiger partial charge in [0.25, 0.3) is 0 Å². The van der Waals surface area contributed by atoms with Gasteiger partial charge in [0.05, 0.1) is 21.2 Å². The number of carbonyl (C=O) groups is 1. The molecule has 0 saturated heterocycles. The van der Waals surface area contributed by atoms with Crippen molar-refractivity contribution in [1.82, 2.24) is 0 Å². The molecule has 0 amide bonds. The summed E-state index contributed by atoms with van der Waals surface area (Å²) in [5, 5.41) is -0.318. The molecule has 6 heteroatoms. The minimum Gasteiger partial charge on any atom is -0.288 e. The van der Waals surface area contributed by atoms with E-state index >= 15 is 0 Å². The third-order valence-corrected chi connectivity index (χ3v) is 4.04. The molecule has 19 heavy (non-hydrogen) atoms. The van der Waals surface area contributed by atoms with Crippen LogP contribution in [0.2, 0.25) is 10.0 Å². The predicted octanol–water partition coefficient (Wildman–Crippen LogP) is 5.27. The average molecular weight is 366 g/mol. The molecule has 0 saturated carbocycles. The van der Waals surface area contributed by atoms with Gasteiger partial charge in [-0.2, -0.15) is 0 Å². The molecule has 2 aromatic carbocycles. The van der Waals surface area contributed by atoms with Crippen LogP contribution in [0.15, 0.2) is 34.8 Å². The van der Waals surface area contributed by atoms with Gasteiger partial charge in [-0.1, -0.05) is 29.3 Å². The van der Waals surface area contributed by atoms with E-state index < -0.39 is 17.4 Å². The van der Waals surface area contributed by atoms with E-state index in [9.17, 15) is 13.6 Å². The summed E-state index contributed by atoms with van der Waals surface area (Å²) in [6, 6.07) is 6.43. The van der Waals surface area contributed by atoms with E-state index in [4.69, 9.17) is 23.2 Å². The third kappa shape index (κ3) is 2.66. The van der Waals surface area contributed by atoms with Gasteiger partial charge in [-0.25, -0.2) is 8.78 Å². The van der Waals surface area contributed by atoms with Crippen LogP contribution >= 0.6 is 39.1 Å². The van der Waals surface area contributed by atoms with Gasteiger partial charge in [0.15, 0.2) is 11.6 Å². The Kier molecular flexibility index (Phi) is 4.23. The normalized spacial score (nSPS) is 10.6. The summed E-state index contributed by atoms with van der Waals surface area (Å²) in [6.45, 7) is 0. The van der Waals surface area contributed by atoms with Crippen molar-refractivity contribution < 1.29 is 13.6 Å². The van der Waals surface area contributed by atoms with Crippen LogP contribution in [-0.2, 0) is 0 Å². The molecule has 0 aliphatic carbocycles. The lowest BCUT2D eigenvalue weighted by Crippen LogP contribution is -2.08. The van der Waals surface area contributed by atoms with Gasteiger partial charge in [0.2, 0.25) is 0 Å². The molecule has 2 aromatic rings. The summed E-state index contributed by atoms with van der Waals surface area (Å²) in [6.07, 6.45) is 0. The van der Waals surface area contributed by atoms with Crippen molar-refractivity contribution >= 4 is 44.9 Å². The minimum absolute atomic E-state index is 0.0801. The van der Waals surface area contributed by atoms with E-state index in [1.165, 1.54) is 24.3 Å². The molecule has 0 heterocycles. The second-order valence-electron chi connectivity index (χ2n) is 3.65. The molecule has 0 fully saturated rings. The Bertz CT molecular complexity index is 654. The summed E-state index contributed by atoms with van der Waals surface area (Å²) in [4.78, 5) is 12.1. The van der Waals surface area contributed by atoms with Crippen LogP contribution in [0.5, 0.6) is 0 Å². The maximum absolute atomic E-state index is 13.9. The van der Waals surface area contributed by atoms with Crippen molar-refractivity contribution in [3.63, 3.8) is 0 Å². The summed E-state index contributed by atoms with van der Waals surface area (Å²) in [5.74, 6) is -2.58. The molecule has 0 unspecified atom stereocenters. The van der Waals surface area contributed by atoms with Crippen LogP contribution in [0.25, 0.3) is 0 Å². The molecule has 0 bridgehead atoms. The molecule has 0 aromatic heterocycles. The van der Waals surface area contributed by atoms with Crippen molar-refractivity contribution in [3.8, 4) is 0 Å². The second kappa shape index (κ2) is 5.57. The first kappa shape index (κ1) is 14.4. The van der Waals surface area contributed by atoms with Crippen molar-refractivity contribution in [2.45, 2.75) is 0 Å². The number of hydrogen-bond donors (Lipinski definition) is 0. The lowest BCUT2D eigenvalue weighted by molar-refractivity contribution is 0.103. The van der Waals surface area contributed by atoms with Crippen LogP contribution in [0.4, 0.5) is 8.78 Å². The number of rotatable bonds is 2. The molecule has 98 valence electrons. The molecule has 2 rings (SSSR count). The van der Waals surface area contributed by atoms with Crippen LogP contribution in [0.3, 0.4) is 0 Å². The topological polar surface area (TPSA) is 17.1 Å². The highest BCUT2D eigenvalue weighted by atomic mass is 79.9. The Hall–Kier alpha value is -0.970. The second-order valence-corrected chi connectivity index (χ2v) is 5.29. The van der Waals surface area contributed by atoms with E-state index in [0.29, 0.717) is 4.47 Å². The fourth-order valence-electron chi connectivity index (χ4n) is 1.55. The van der Waals surface area contributed by atoms with Crippen LogP contribution in [0, 0.1) is 11.6 Å². The first-order valence-electron chi connectivity index (χ1n) is 5.05. The van der Waals surface area contributed by atoms with Gasteiger partial charge in [-0.05, 0) is 40.2 Å². The predicted molar refractivity (Wildman–Crippen MR) is 74.0 cm³/mol. The minimum atomic E-state index is -0.916. The Balaban J connectivity index is 2.60. The smallest absolute Gasteiger partial charge is 0.200 e. The number of ketones is 1. The standard InChI is InChI=1S/C13H5BrCl2F2O/c14-7-5-4-6(12(18)11(7)16)13(19)10-8(15)2-1-3-9(10)17/h1-5H. The number of carbonyl (C=O) groups excluding carboxylic acids is 1. The third-order valence-electron chi connectivity index (χ3n) is 2.47. The largest absolute Gasteiger partial charge is 0.288 e. The molecular weight excluding hydrogens is 361 g/mol. The van der Waals surface area contributed by atoms with Crippen LogP contribution in [0.1, 0.15) is 15.9 Å². The molecule has 0 N–H and O–H groups in total. The average Bonchev–Trinajstić information content (AvgIpc) is 2.35. The Morgan fingerprint density at radius 2 is 1.79 bits per heavy atom. The summed E-state index contributed by atoms with van der Waals surface area (Å²) in [7, 11) is 0.